The molecule has 5 nitrogen and oxygen atoms in total. The van der Waals surface area contributed by atoms with Crippen LogP contribution in [0.3, 0.4) is 0 Å². The van der Waals surface area contributed by atoms with Crippen LogP contribution < -0.4 is 0 Å². The number of ether oxygens (including phenoxy) is 1. The number of aliphatic imine (C=N–C) groups is 1. The Balaban J connectivity index is 3.30. The molecule has 0 spiro atoms. The van der Waals surface area contributed by atoms with Crippen molar-refractivity contribution in [2.75, 3.05) is 7.05 Å². The van der Waals surface area contributed by atoms with Crippen molar-refractivity contribution in [1.82, 2.24) is 0 Å². The average molecular weight is 366 g/mol. The van der Waals surface area contributed by atoms with Crippen LogP contribution in [0.1, 0.15) is 54.4 Å². The predicted octanol–water partition coefficient (Wildman–Crippen LogP) is 3.31. The molecule has 0 radical (unpaired) electrons. The van der Waals surface area contributed by atoms with Gasteiger partial charge in [-0.1, -0.05) is 26.8 Å². The van der Waals surface area contributed by atoms with E-state index in [2.05, 4.69) is 4.99 Å². The Morgan fingerprint density at radius 2 is 1.77 bits per heavy atom. The lowest BCUT2D eigenvalue weighted by Crippen LogP contribution is -2.34. The summed E-state index contributed by atoms with van der Waals surface area (Å²) in [7, 11) is 1.70. The van der Waals surface area contributed by atoms with E-state index in [1.54, 1.807) is 20.9 Å². The summed E-state index contributed by atoms with van der Waals surface area (Å²) < 4.78 is 5.67. The minimum atomic E-state index is -0.924. The number of hydrogen-bond acceptors (Lipinski definition) is 5. The topological polar surface area (TPSA) is 79.1 Å². The van der Waals surface area contributed by atoms with E-state index in [9.17, 15) is 15.0 Å². The lowest BCUT2D eigenvalue weighted by molar-refractivity contribution is -0.158. The van der Waals surface area contributed by atoms with Crippen LogP contribution >= 0.6 is 0 Å². The van der Waals surface area contributed by atoms with Gasteiger partial charge in [-0.25, -0.2) is 0 Å². The quantitative estimate of drug-likeness (QED) is 0.552. The van der Waals surface area contributed by atoms with Gasteiger partial charge in [-0.2, -0.15) is 0 Å². The van der Waals surface area contributed by atoms with Gasteiger partial charge in [0, 0.05) is 18.7 Å². The number of nitrogens with zero attached hydrogens (tertiary/aromatic N) is 1. The Kier molecular flexibility index (Phi) is 8.71. The molecular weight excluding hydrogens is 330 g/mol. The molecule has 0 aromatic rings. The molecule has 1 aliphatic rings. The van der Waals surface area contributed by atoms with Gasteiger partial charge in [-0.15, -0.1) is 0 Å². The van der Waals surface area contributed by atoms with Crippen LogP contribution in [0, 0.1) is 17.8 Å². The molecule has 26 heavy (non-hydrogen) atoms. The van der Waals surface area contributed by atoms with Crippen LogP contribution in [0.25, 0.3) is 0 Å². The average Bonchev–Trinajstić information content (AvgIpc) is 2.61. The van der Waals surface area contributed by atoms with Gasteiger partial charge in [-0.05, 0) is 56.8 Å². The van der Waals surface area contributed by atoms with Gasteiger partial charge >= 0.3 is 5.97 Å². The van der Waals surface area contributed by atoms with Gasteiger partial charge in [0.1, 0.15) is 6.10 Å². The Morgan fingerprint density at radius 1 is 1.15 bits per heavy atom. The maximum Gasteiger partial charge on any atom is 0.311 e. The summed E-state index contributed by atoms with van der Waals surface area (Å²) in [4.78, 5) is 16.8. The van der Waals surface area contributed by atoms with Gasteiger partial charge in [-0.3, -0.25) is 9.79 Å². The molecule has 1 aliphatic heterocycles. The fourth-order valence-corrected chi connectivity index (χ4v) is 3.42. The third-order valence-electron chi connectivity index (χ3n) is 5.31. The van der Waals surface area contributed by atoms with Crippen molar-refractivity contribution in [3.05, 3.63) is 23.3 Å². The van der Waals surface area contributed by atoms with E-state index in [4.69, 9.17) is 4.74 Å². The van der Waals surface area contributed by atoms with E-state index in [-0.39, 0.29) is 17.9 Å². The van der Waals surface area contributed by atoms with Crippen molar-refractivity contribution in [1.29, 1.82) is 0 Å². The fraction of sp³-hybridized carbons (Fsp3) is 0.714. The number of cyclic esters (lactones) is 1. The third kappa shape index (κ3) is 5.78. The minimum Gasteiger partial charge on any atom is -0.461 e. The first-order valence-corrected chi connectivity index (χ1v) is 9.51. The summed E-state index contributed by atoms with van der Waals surface area (Å²) >= 11 is 0. The molecule has 6 atom stereocenters. The molecule has 5 heteroatoms. The molecule has 0 amide bonds. The second kappa shape index (κ2) is 10.0. The summed E-state index contributed by atoms with van der Waals surface area (Å²) in [6.45, 7) is 11.3. The van der Waals surface area contributed by atoms with Gasteiger partial charge < -0.3 is 14.9 Å². The smallest absolute Gasteiger partial charge is 0.311 e. The number of carbonyl (C=O) groups excluding carboxylic acids is 1. The Hall–Kier alpha value is -1.46. The monoisotopic (exact) mass is 365 g/mol. The highest BCUT2D eigenvalue weighted by atomic mass is 16.5. The summed E-state index contributed by atoms with van der Waals surface area (Å²) in [6.07, 6.45) is 3.26. The number of hydrogen-bond donors (Lipinski definition) is 2. The zero-order chi connectivity index (χ0) is 20.0. The Morgan fingerprint density at radius 3 is 2.31 bits per heavy atom. The molecule has 0 fully saturated rings. The molecule has 0 aromatic carbocycles. The number of rotatable bonds is 1. The molecule has 0 aromatic heterocycles. The third-order valence-corrected chi connectivity index (χ3v) is 5.31. The van der Waals surface area contributed by atoms with Crippen molar-refractivity contribution in [2.24, 2.45) is 22.7 Å². The molecule has 0 aliphatic carbocycles. The molecule has 4 unspecified atom stereocenters. The van der Waals surface area contributed by atoms with Crippen molar-refractivity contribution >= 4 is 11.7 Å². The highest BCUT2D eigenvalue weighted by molar-refractivity contribution is 5.95. The van der Waals surface area contributed by atoms with E-state index in [0.29, 0.717) is 18.4 Å². The number of aliphatic hydroxyl groups excluding tert-OH is 2. The molecule has 2 N–H and O–H groups in total. The lowest BCUT2D eigenvalue weighted by Gasteiger charge is -2.27. The first-order valence-electron chi connectivity index (χ1n) is 9.51. The molecule has 1 rings (SSSR count). The maximum absolute atomic E-state index is 12.5. The number of aliphatic hydroxyl groups is 2. The van der Waals surface area contributed by atoms with Crippen LogP contribution in [-0.4, -0.2) is 47.3 Å². The van der Waals surface area contributed by atoms with E-state index < -0.39 is 24.1 Å². The summed E-state index contributed by atoms with van der Waals surface area (Å²) in [5.74, 6) is -1.09. The lowest BCUT2D eigenvalue weighted by atomic mass is 9.88. The highest BCUT2D eigenvalue weighted by Gasteiger charge is 2.29. The summed E-state index contributed by atoms with van der Waals surface area (Å²) in [6, 6.07) is 0. The number of allylic oxidation sites excluding steroid dienone is 1. The standard InChI is InChI=1S/C21H35NO4/c1-8-18-12(2)9-13(3)19(23)14(4)10-17(22-7)11-15(5)20(24)16(6)21(25)26-18/h9,11-12,14,16,18-20,23-24H,8,10H2,1-7H3/b13-9+,15-11+,22-17?/t12?,14?,16-,18+,19?,20?/m1/s1. The normalized spacial score (nSPS) is 40.8. The Labute approximate surface area is 157 Å². The van der Waals surface area contributed by atoms with Crippen LogP contribution in [-0.2, 0) is 9.53 Å². The van der Waals surface area contributed by atoms with Crippen molar-refractivity contribution < 1.29 is 19.7 Å². The minimum absolute atomic E-state index is 0.0127. The second-order valence-corrected chi connectivity index (χ2v) is 7.62. The first-order chi connectivity index (χ1) is 12.1. The predicted molar refractivity (Wildman–Crippen MR) is 105 cm³/mol. The number of carbonyl (C=O) groups is 1. The number of esters is 1. The molecule has 0 saturated carbocycles. The maximum atomic E-state index is 12.5. The van der Waals surface area contributed by atoms with E-state index in [0.717, 1.165) is 11.3 Å². The second-order valence-electron chi connectivity index (χ2n) is 7.62. The van der Waals surface area contributed by atoms with Crippen LogP contribution in [0.2, 0.25) is 0 Å². The first kappa shape index (κ1) is 22.6. The SMILES string of the molecule is CC[C@@H]1OC(=O)[C@H](C)C(O)/C(C)=C/C(=NC)CC(C)C(O)/C(C)=C/C1C. The summed E-state index contributed by atoms with van der Waals surface area (Å²) in [5, 5.41) is 21.2. The zero-order valence-corrected chi connectivity index (χ0v) is 17.2. The highest BCUT2D eigenvalue weighted by Crippen LogP contribution is 2.24. The van der Waals surface area contributed by atoms with Crippen molar-refractivity contribution in [3.8, 4) is 0 Å². The van der Waals surface area contributed by atoms with Crippen molar-refractivity contribution in [2.45, 2.75) is 72.7 Å². The van der Waals surface area contributed by atoms with E-state index >= 15 is 0 Å². The van der Waals surface area contributed by atoms with E-state index in [1.807, 2.05) is 39.8 Å². The van der Waals surface area contributed by atoms with Gasteiger partial charge in [0.15, 0.2) is 0 Å². The zero-order valence-electron chi connectivity index (χ0n) is 17.2. The van der Waals surface area contributed by atoms with Gasteiger partial charge in [0.2, 0.25) is 0 Å². The molecule has 0 bridgehead atoms. The van der Waals surface area contributed by atoms with Crippen LogP contribution in [0.5, 0.6) is 0 Å². The van der Waals surface area contributed by atoms with Crippen LogP contribution in [0.15, 0.2) is 28.3 Å². The summed E-state index contributed by atoms with van der Waals surface area (Å²) in [5.41, 5.74) is 2.33. The van der Waals surface area contributed by atoms with E-state index in [1.165, 1.54) is 0 Å². The molecule has 1 heterocycles. The van der Waals surface area contributed by atoms with Crippen LogP contribution in [0.4, 0.5) is 0 Å². The van der Waals surface area contributed by atoms with Crippen molar-refractivity contribution in [3.63, 3.8) is 0 Å². The largest absolute Gasteiger partial charge is 0.461 e. The molecule has 148 valence electrons. The van der Waals surface area contributed by atoms with Gasteiger partial charge in [0.25, 0.3) is 0 Å². The fourth-order valence-electron chi connectivity index (χ4n) is 3.42. The Bertz CT molecular complexity index is 579. The molecule has 0 saturated heterocycles. The van der Waals surface area contributed by atoms with Gasteiger partial charge in [0.05, 0.1) is 18.1 Å². The molecular formula is C21H35NO4.